The van der Waals surface area contributed by atoms with E-state index < -0.39 is 0 Å². The molecule has 2 aromatic rings. The van der Waals surface area contributed by atoms with Gasteiger partial charge in [0.15, 0.2) is 0 Å². The largest absolute Gasteiger partial charge is 0.305 e. The fraction of sp³-hybridized carbons (Fsp3) is 0.286. The number of unbranched alkanes of at least 4 members (excludes halogenated alkanes) is 1. The lowest BCUT2D eigenvalue weighted by molar-refractivity contribution is 0.602. The highest BCUT2D eigenvalue weighted by Gasteiger charge is 2.14. The lowest BCUT2D eigenvalue weighted by Gasteiger charge is -2.15. The van der Waals surface area contributed by atoms with Crippen LogP contribution in [0.4, 0.5) is 0 Å². The second-order valence-electron chi connectivity index (χ2n) is 3.73. The van der Waals surface area contributed by atoms with Gasteiger partial charge in [0.25, 0.3) is 0 Å². The van der Waals surface area contributed by atoms with E-state index in [1.54, 1.807) is 22.7 Å². The quantitative estimate of drug-likeness (QED) is 0.614. The summed E-state index contributed by atoms with van der Waals surface area (Å²) in [6.45, 7) is 0.963. The third-order valence-corrected chi connectivity index (χ3v) is 4.38. The predicted octanol–water partition coefficient (Wildman–Crippen LogP) is 3.90. The van der Waals surface area contributed by atoms with Gasteiger partial charge in [-0.1, -0.05) is 12.1 Å². The van der Waals surface area contributed by atoms with Gasteiger partial charge in [0.1, 0.15) is 0 Å². The first-order chi connectivity index (χ1) is 8.42. The van der Waals surface area contributed by atoms with Crippen LogP contribution in [0.15, 0.2) is 35.0 Å². The molecule has 0 atom stereocenters. The van der Waals surface area contributed by atoms with Gasteiger partial charge in [-0.2, -0.15) is 0 Å². The van der Waals surface area contributed by atoms with Gasteiger partial charge in [0.2, 0.25) is 0 Å². The molecule has 2 heterocycles. The Hall–Kier alpha value is -1.08. The van der Waals surface area contributed by atoms with Crippen molar-refractivity contribution in [1.29, 1.82) is 0 Å². The van der Waals surface area contributed by atoms with Crippen LogP contribution < -0.4 is 5.32 Å². The summed E-state index contributed by atoms with van der Waals surface area (Å²) in [6.07, 6.45) is 7.13. The van der Waals surface area contributed by atoms with Crippen LogP contribution in [0.5, 0.6) is 0 Å². The molecule has 0 spiro atoms. The standard InChI is InChI=1S/C14H15NS2/c1-2-3-4-9-15-14(12-7-5-10-16-12)13-8-6-11-17-13/h1,5-8,10-11,14-15H,3-4,9H2. The Labute approximate surface area is 111 Å². The molecule has 0 radical (unpaired) electrons. The summed E-state index contributed by atoms with van der Waals surface area (Å²) in [4.78, 5) is 2.74. The SMILES string of the molecule is C#CCCCNC(c1cccs1)c1cccs1. The van der Waals surface area contributed by atoms with Crippen molar-refractivity contribution in [3.05, 3.63) is 44.8 Å². The van der Waals surface area contributed by atoms with Gasteiger partial charge < -0.3 is 5.32 Å². The molecule has 88 valence electrons. The zero-order valence-corrected chi connectivity index (χ0v) is 11.2. The highest BCUT2D eigenvalue weighted by atomic mass is 32.1. The van der Waals surface area contributed by atoms with Crippen molar-refractivity contribution in [1.82, 2.24) is 5.32 Å². The van der Waals surface area contributed by atoms with Crippen LogP contribution in [0.3, 0.4) is 0 Å². The highest BCUT2D eigenvalue weighted by molar-refractivity contribution is 7.11. The van der Waals surface area contributed by atoms with Crippen molar-refractivity contribution in [2.45, 2.75) is 18.9 Å². The fourth-order valence-corrected chi connectivity index (χ4v) is 3.40. The van der Waals surface area contributed by atoms with Crippen LogP contribution in [0.2, 0.25) is 0 Å². The Kier molecular flexibility index (Phi) is 4.81. The van der Waals surface area contributed by atoms with Gasteiger partial charge in [-0.3, -0.25) is 0 Å². The minimum absolute atomic E-state index is 0.327. The van der Waals surface area contributed by atoms with E-state index in [0.29, 0.717) is 6.04 Å². The Morgan fingerprint density at radius 2 is 1.82 bits per heavy atom. The molecule has 0 fully saturated rings. The lowest BCUT2D eigenvalue weighted by atomic mass is 10.2. The minimum Gasteiger partial charge on any atom is -0.305 e. The molecule has 0 aliphatic carbocycles. The summed E-state index contributed by atoms with van der Waals surface area (Å²) < 4.78 is 0. The summed E-state index contributed by atoms with van der Waals surface area (Å²) in [5.74, 6) is 2.68. The molecule has 0 aliphatic heterocycles. The molecule has 0 saturated heterocycles. The van der Waals surface area contributed by atoms with E-state index in [-0.39, 0.29) is 0 Å². The Bertz CT molecular complexity index is 417. The van der Waals surface area contributed by atoms with Crippen molar-refractivity contribution in [2.75, 3.05) is 6.54 Å². The molecule has 0 amide bonds. The van der Waals surface area contributed by atoms with E-state index in [1.807, 2.05) is 0 Å². The van der Waals surface area contributed by atoms with Gasteiger partial charge in [-0.15, -0.1) is 35.0 Å². The fourth-order valence-electron chi connectivity index (χ4n) is 1.69. The molecule has 2 rings (SSSR count). The molecule has 3 heteroatoms. The minimum atomic E-state index is 0.327. The number of nitrogens with one attached hydrogen (secondary N) is 1. The maximum Gasteiger partial charge on any atom is 0.0764 e. The first kappa shape index (κ1) is 12.4. The van der Waals surface area contributed by atoms with E-state index >= 15 is 0 Å². The molecule has 1 N–H and O–H groups in total. The van der Waals surface area contributed by atoms with Crippen LogP contribution >= 0.6 is 22.7 Å². The second kappa shape index (κ2) is 6.61. The Balaban J connectivity index is 2.02. The summed E-state index contributed by atoms with van der Waals surface area (Å²) in [6, 6.07) is 8.90. The normalized spacial score (nSPS) is 10.6. The van der Waals surface area contributed by atoms with Crippen molar-refractivity contribution in [2.24, 2.45) is 0 Å². The molecule has 2 aromatic heterocycles. The number of thiophene rings is 2. The molecule has 0 aliphatic rings. The van der Waals surface area contributed by atoms with Crippen molar-refractivity contribution >= 4 is 22.7 Å². The topological polar surface area (TPSA) is 12.0 Å². The van der Waals surface area contributed by atoms with E-state index in [9.17, 15) is 0 Å². The molecule has 0 unspecified atom stereocenters. The van der Waals surface area contributed by atoms with Gasteiger partial charge >= 0.3 is 0 Å². The number of hydrogen-bond acceptors (Lipinski definition) is 3. The summed E-state index contributed by atoms with van der Waals surface area (Å²) in [5.41, 5.74) is 0. The first-order valence-corrected chi connectivity index (χ1v) is 7.41. The monoisotopic (exact) mass is 261 g/mol. The lowest BCUT2D eigenvalue weighted by Crippen LogP contribution is -2.21. The van der Waals surface area contributed by atoms with Gasteiger partial charge in [0.05, 0.1) is 6.04 Å². The maximum atomic E-state index is 5.26. The van der Waals surface area contributed by atoms with Crippen molar-refractivity contribution < 1.29 is 0 Å². The molecular formula is C14H15NS2. The van der Waals surface area contributed by atoms with Crippen molar-refractivity contribution in [3.8, 4) is 12.3 Å². The van der Waals surface area contributed by atoms with Crippen molar-refractivity contribution in [3.63, 3.8) is 0 Å². The zero-order valence-electron chi connectivity index (χ0n) is 9.56. The second-order valence-corrected chi connectivity index (χ2v) is 5.68. The van der Waals surface area contributed by atoms with Gasteiger partial charge in [-0.25, -0.2) is 0 Å². The average molecular weight is 261 g/mol. The summed E-state index contributed by atoms with van der Waals surface area (Å²) >= 11 is 3.59. The number of rotatable bonds is 6. The van der Waals surface area contributed by atoms with E-state index in [0.717, 1.165) is 19.4 Å². The summed E-state index contributed by atoms with van der Waals surface area (Å²) in [7, 11) is 0. The first-order valence-electron chi connectivity index (χ1n) is 5.65. The van der Waals surface area contributed by atoms with E-state index in [1.165, 1.54) is 9.75 Å². The van der Waals surface area contributed by atoms with Crippen LogP contribution in [-0.2, 0) is 0 Å². The Morgan fingerprint density at radius 1 is 1.18 bits per heavy atom. The van der Waals surface area contributed by atoms with Gasteiger partial charge in [-0.05, 0) is 35.9 Å². The third-order valence-electron chi connectivity index (χ3n) is 2.50. The van der Waals surface area contributed by atoms with E-state index in [4.69, 9.17) is 6.42 Å². The molecule has 17 heavy (non-hydrogen) atoms. The molecule has 1 nitrogen and oxygen atoms in total. The van der Waals surface area contributed by atoms with E-state index in [2.05, 4.69) is 46.3 Å². The van der Waals surface area contributed by atoms with Crippen LogP contribution in [0.25, 0.3) is 0 Å². The Morgan fingerprint density at radius 3 is 2.29 bits per heavy atom. The number of hydrogen-bond donors (Lipinski definition) is 1. The molecule has 0 saturated carbocycles. The summed E-state index contributed by atoms with van der Waals surface area (Å²) in [5, 5.41) is 7.83. The average Bonchev–Trinajstić information content (AvgIpc) is 3.02. The highest BCUT2D eigenvalue weighted by Crippen LogP contribution is 2.28. The van der Waals surface area contributed by atoms with Crippen LogP contribution in [0.1, 0.15) is 28.6 Å². The smallest absolute Gasteiger partial charge is 0.0764 e. The third kappa shape index (κ3) is 3.44. The zero-order chi connectivity index (χ0) is 11.9. The van der Waals surface area contributed by atoms with Crippen LogP contribution in [0, 0.1) is 12.3 Å². The molecule has 0 aromatic carbocycles. The van der Waals surface area contributed by atoms with Crippen LogP contribution in [-0.4, -0.2) is 6.54 Å². The van der Waals surface area contributed by atoms with Gasteiger partial charge in [0, 0.05) is 16.2 Å². The molecule has 0 bridgehead atoms. The predicted molar refractivity (Wildman–Crippen MR) is 76.6 cm³/mol. The number of terminal acetylenes is 1. The molecular weight excluding hydrogens is 246 g/mol. The maximum absolute atomic E-state index is 5.26.